The van der Waals surface area contributed by atoms with E-state index in [1.165, 1.54) is 50.7 Å². The Hall–Kier alpha value is -0.480. The quantitative estimate of drug-likeness (QED) is 0.522. The summed E-state index contributed by atoms with van der Waals surface area (Å²) >= 11 is 3.17. The van der Waals surface area contributed by atoms with Gasteiger partial charge in [0.05, 0.1) is 4.47 Å². The maximum absolute atomic E-state index is 14.3. The molecule has 1 unspecified atom stereocenters. The van der Waals surface area contributed by atoms with E-state index in [-0.39, 0.29) is 11.6 Å². The van der Waals surface area contributed by atoms with Crippen LogP contribution in [-0.4, -0.2) is 6.54 Å². The molecule has 1 N–H and O–H groups in total. The van der Waals surface area contributed by atoms with Crippen LogP contribution in [0.1, 0.15) is 63.5 Å². The van der Waals surface area contributed by atoms with Crippen molar-refractivity contribution in [1.29, 1.82) is 0 Å². The summed E-state index contributed by atoms with van der Waals surface area (Å²) in [5.41, 5.74) is 0.190. The van der Waals surface area contributed by atoms with E-state index in [0.717, 1.165) is 6.42 Å². The Bertz CT molecular complexity index is 456. The van der Waals surface area contributed by atoms with Crippen molar-refractivity contribution in [2.45, 2.75) is 57.9 Å². The Kier molecular flexibility index (Phi) is 6.62. The molecule has 1 aromatic carbocycles. The number of hydrogen-bond acceptors (Lipinski definition) is 1. The highest BCUT2D eigenvalue weighted by Gasteiger charge is 2.25. The first-order chi connectivity index (χ1) is 10.1. The normalized spacial score (nSPS) is 18.5. The number of halogens is 3. The molecule has 4 heteroatoms. The molecule has 0 heterocycles. The van der Waals surface area contributed by atoms with Gasteiger partial charge in [0.15, 0.2) is 0 Å². The highest BCUT2D eigenvalue weighted by molar-refractivity contribution is 9.10. The van der Waals surface area contributed by atoms with Gasteiger partial charge in [0.25, 0.3) is 0 Å². The Balaban J connectivity index is 2.20. The summed E-state index contributed by atoms with van der Waals surface area (Å²) in [6.45, 7) is 2.69. The molecule has 1 nitrogen and oxygen atoms in total. The SMILES string of the molecule is CCNC(CC1CCCCCC1)c1c(F)ccc(Br)c1F. The summed E-state index contributed by atoms with van der Waals surface area (Å²) < 4.78 is 28.8. The minimum absolute atomic E-state index is 0.190. The van der Waals surface area contributed by atoms with Gasteiger partial charge in [-0.1, -0.05) is 45.4 Å². The van der Waals surface area contributed by atoms with Gasteiger partial charge in [-0.2, -0.15) is 0 Å². The van der Waals surface area contributed by atoms with E-state index in [0.29, 0.717) is 16.9 Å². The molecular formula is C17H24BrF2N. The minimum atomic E-state index is -0.463. The lowest BCUT2D eigenvalue weighted by molar-refractivity contribution is 0.345. The first-order valence-corrected chi connectivity index (χ1v) is 8.79. The summed E-state index contributed by atoms with van der Waals surface area (Å²) in [6, 6.07) is 2.54. The molecule has 1 aliphatic carbocycles. The Labute approximate surface area is 134 Å². The van der Waals surface area contributed by atoms with Crippen molar-refractivity contribution in [3.63, 3.8) is 0 Å². The second-order valence-corrected chi connectivity index (χ2v) is 6.81. The van der Waals surface area contributed by atoms with Crippen LogP contribution in [0.4, 0.5) is 8.78 Å². The molecule has 118 valence electrons. The second kappa shape index (κ2) is 8.23. The van der Waals surface area contributed by atoms with Crippen LogP contribution in [0.2, 0.25) is 0 Å². The van der Waals surface area contributed by atoms with Crippen LogP contribution in [0.25, 0.3) is 0 Å². The van der Waals surface area contributed by atoms with Gasteiger partial charge in [-0.15, -0.1) is 0 Å². The van der Waals surface area contributed by atoms with Gasteiger partial charge >= 0.3 is 0 Å². The van der Waals surface area contributed by atoms with Gasteiger partial charge < -0.3 is 5.32 Å². The third-order valence-corrected chi connectivity index (χ3v) is 5.03. The maximum Gasteiger partial charge on any atom is 0.145 e. The largest absolute Gasteiger partial charge is 0.310 e. The number of hydrogen-bond donors (Lipinski definition) is 1. The summed E-state index contributed by atoms with van der Waals surface area (Å²) in [4.78, 5) is 0. The molecule has 0 aliphatic heterocycles. The molecule has 0 saturated heterocycles. The zero-order valence-electron chi connectivity index (χ0n) is 12.6. The summed E-state index contributed by atoms with van der Waals surface area (Å²) in [5, 5.41) is 3.27. The summed E-state index contributed by atoms with van der Waals surface area (Å²) in [6.07, 6.45) is 8.25. The molecule has 2 rings (SSSR count). The second-order valence-electron chi connectivity index (χ2n) is 5.96. The lowest BCUT2D eigenvalue weighted by atomic mass is 9.89. The van der Waals surface area contributed by atoms with Crippen LogP contribution in [0, 0.1) is 17.6 Å². The third-order valence-electron chi connectivity index (χ3n) is 4.42. The number of benzene rings is 1. The average Bonchev–Trinajstić information content (AvgIpc) is 2.72. The third kappa shape index (κ3) is 4.49. The Morgan fingerprint density at radius 1 is 1.19 bits per heavy atom. The van der Waals surface area contributed by atoms with Crippen molar-refractivity contribution in [3.05, 3.63) is 33.8 Å². The van der Waals surface area contributed by atoms with E-state index >= 15 is 0 Å². The molecule has 0 bridgehead atoms. The summed E-state index contributed by atoms with van der Waals surface area (Å²) in [7, 11) is 0. The molecule has 0 amide bonds. The van der Waals surface area contributed by atoms with Gasteiger partial charge in [-0.05, 0) is 46.9 Å². The lowest BCUT2D eigenvalue weighted by Gasteiger charge is -2.25. The maximum atomic E-state index is 14.3. The number of nitrogens with one attached hydrogen (secondary N) is 1. The summed E-state index contributed by atoms with van der Waals surface area (Å²) in [5.74, 6) is -0.348. The molecule has 1 fully saturated rings. The van der Waals surface area contributed by atoms with Gasteiger partial charge in [0.2, 0.25) is 0 Å². The fraction of sp³-hybridized carbons (Fsp3) is 0.647. The van der Waals surface area contributed by atoms with Crippen LogP contribution in [0.15, 0.2) is 16.6 Å². The van der Waals surface area contributed by atoms with Crippen molar-refractivity contribution in [3.8, 4) is 0 Å². The number of rotatable bonds is 5. The minimum Gasteiger partial charge on any atom is -0.310 e. The molecule has 1 aromatic rings. The zero-order chi connectivity index (χ0) is 15.2. The van der Waals surface area contributed by atoms with Crippen LogP contribution in [-0.2, 0) is 0 Å². The van der Waals surface area contributed by atoms with E-state index in [4.69, 9.17) is 0 Å². The van der Waals surface area contributed by atoms with Crippen molar-refractivity contribution in [1.82, 2.24) is 5.32 Å². The molecule has 0 radical (unpaired) electrons. The molecule has 0 aromatic heterocycles. The van der Waals surface area contributed by atoms with Gasteiger partial charge in [0, 0.05) is 11.6 Å². The zero-order valence-corrected chi connectivity index (χ0v) is 14.2. The molecule has 1 aliphatic rings. The molecule has 1 saturated carbocycles. The molecule has 0 spiro atoms. The van der Waals surface area contributed by atoms with Crippen molar-refractivity contribution in [2.24, 2.45) is 5.92 Å². The van der Waals surface area contributed by atoms with Crippen LogP contribution < -0.4 is 5.32 Å². The van der Waals surface area contributed by atoms with Gasteiger partial charge in [-0.25, -0.2) is 8.78 Å². The van der Waals surface area contributed by atoms with Crippen molar-refractivity contribution >= 4 is 15.9 Å². The van der Waals surface area contributed by atoms with Crippen LogP contribution in [0.3, 0.4) is 0 Å². The smallest absolute Gasteiger partial charge is 0.145 e. The molecule has 21 heavy (non-hydrogen) atoms. The highest BCUT2D eigenvalue weighted by atomic mass is 79.9. The highest BCUT2D eigenvalue weighted by Crippen LogP contribution is 2.34. The van der Waals surface area contributed by atoms with E-state index < -0.39 is 11.6 Å². The molecule has 1 atom stereocenters. The standard InChI is InChI=1S/C17H24BrF2N/c1-2-21-15(11-12-7-5-3-4-6-8-12)16-14(19)10-9-13(18)17(16)20/h9-10,12,15,21H,2-8,11H2,1H3. The monoisotopic (exact) mass is 359 g/mol. The Morgan fingerprint density at radius 3 is 2.48 bits per heavy atom. The fourth-order valence-corrected chi connectivity index (χ4v) is 3.69. The topological polar surface area (TPSA) is 12.0 Å². The average molecular weight is 360 g/mol. The lowest BCUT2D eigenvalue weighted by Crippen LogP contribution is -2.25. The van der Waals surface area contributed by atoms with Crippen molar-refractivity contribution in [2.75, 3.05) is 6.54 Å². The first kappa shape index (κ1) is 16.9. The van der Waals surface area contributed by atoms with Gasteiger partial charge in [0.1, 0.15) is 11.6 Å². The molecular weight excluding hydrogens is 336 g/mol. The van der Waals surface area contributed by atoms with Crippen LogP contribution >= 0.6 is 15.9 Å². The predicted octanol–water partition coefficient (Wildman–Crippen LogP) is 5.74. The first-order valence-electron chi connectivity index (χ1n) is 8.00. The Morgan fingerprint density at radius 2 is 1.86 bits per heavy atom. The predicted molar refractivity (Wildman–Crippen MR) is 86.3 cm³/mol. The van der Waals surface area contributed by atoms with Crippen molar-refractivity contribution < 1.29 is 8.78 Å². The van der Waals surface area contributed by atoms with E-state index in [1.54, 1.807) is 0 Å². The van der Waals surface area contributed by atoms with Gasteiger partial charge in [-0.3, -0.25) is 0 Å². The van der Waals surface area contributed by atoms with E-state index in [1.807, 2.05) is 6.92 Å². The van der Waals surface area contributed by atoms with Crippen LogP contribution in [0.5, 0.6) is 0 Å². The fourth-order valence-electron chi connectivity index (χ4n) is 3.34. The van der Waals surface area contributed by atoms with E-state index in [2.05, 4.69) is 21.2 Å². The van der Waals surface area contributed by atoms with E-state index in [9.17, 15) is 8.78 Å².